The standard InChI is InChI=1S/C23H19N3O3/c1-15-11-12-18(26(27)28)14-20(15)22-21(16-7-4-3-5-8-16)24-23(25-22)17-9-6-10-19(13-17)29-2/h3-14H,1-2H3,(H,24,25). The Labute approximate surface area is 168 Å². The van der Waals surface area contributed by atoms with Crippen LogP contribution in [0.4, 0.5) is 5.69 Å². The summed E-state index contributed by atoms with van der Waals surface area (Å²) in [6, 6.07) is 22.3. The number of benzene rings is 3. The fourth-order valence-corrected chi connectivity index (χ4v) is 3.27. The number of nitro benzene ring substituents is 1. The molecule has 0 spiro atoms. The summed E-state index contributed by atoms with van der Waals surface area (Å²) in [6.07, 6.45) is 0. The molecule has 0 aliphatic carbocycles. The van der Waals surface area contributed by atoms with Crippen LogP contribution in [0.5, 0.6) is 5.75 Å². The van der Waals surface area contributed by atoms with Crippen LogP contribution in [0.3, 0.4) is 0 Å². The Morgan fingerprint density at radius 2 is 1.72 bits per heavy atom. The van der Waals surface area contributed by atoms with Crippen LogP contribution in [-0.2, 0) is 0 Å². The zero-order valence-electron chi connectivity index (χ0n) is 16.0. The number of nitrogens with one attached hydrogen (secondary N) is 1. The molecule has 6 heteroatoms. The van der Waals surface area contributed by atoms with Gasteiger partial charge in [-0.25, -0.2) is 4.98 Å². The Morgan fingerprint density at radius 1 is 0.966 bits per heavy atom. The lowest BCUT2D eigenvalue weighted by Gasteiger charge is -2.07. The molecule has 0 bridgehead atoms. The highest BCUT2D eigenvalue weighted by Gasteiger charge is 2.19. The zero-order chi connectivity index (χ0) is 20.4. The van der Waals surface area contributed by atoms with Gasteiger partial charge < -0.3 is 9.72 Å². The number of non-ortho nitro benzene ring substituents is 1. The number of nitro groups is 1. The van der Waals surface area contributed by atoms with Crippen LogP contribution in [0.15, 0.2) is 72.8 Å². The summed E-state index contributed by atoms with van der Waals surface area (Å²) in [7, 11) is 1.62. The van der Waals surface area contributed by atoms with Crippen molar-refractivity contribution in [3.05, 3.63) is 88.5 Å². The van der Waals surface area contributed by atoms with Gasteiger partial charge in [0.05, 0.1) is 23.4 Å². The summed E-state index contributed by atoms with van der Waals surface area (Å²) in [5.41, 5.74) is 5.01. The summed E-state index contributed by atoms with van der Waals surface area (Å²) < 4.78 is 5.33. The van der Waals surface area contributed by atoms with Gasteiger partial charge in [0.25, 0.3) is 5.69 Å². The first-order valence-corrected chi connectivity index (χ1v) is 9.12. The average Bonchev–Trinajstić information content (AvgIpc) is 3.20. The van der Waals surface area contributed by atoms with Gasteiger partial charge in [0.1, 0.15) is 11.6 Å². The monoisotopic (exact) mass is 385 g/mol. The Bertz CT molecular complexity index is 1180. The molecule has 0 amide bonds. The molecule has 4 rings (SSSR count). The number of rotatable bonds is 5. The van der Waals surface area contributed by atoms with E-state index in [9.17, 15) is 10.1 Å². The number of aromatic nitrogens is 2. The molecular formula is C23H19N3O3. The highest BCUT2D eigenvalue weighted by molar-refractivity contribution is 5.83. The number of ether oxygens (including phenoxy) is 1. The Morgan fingerprint density at radius 3 is 2.45 bits per heavy atom. The van der Waals surface area contributed by atoms with E-state index in [-0.39, 0.29) is 10.6 Å². The second kappa shape index (κ2) is 7.59. The number of hydrogen-bond acceptors (Lipinski definition) is 4. The molecule has 4 aromatic rings. The summed E-state index contributed by atoms with van der Waals surface area (Å²) >= 11 is 0. The molecule has 0 aliphatic heterocycles. The lowest BCUT2D eigenvalue weighted by molar-refractivity contribution is -0.384. The smallest absolute Gasteiger partial charge is 0.270 e. The number of imidazole rings is 1. The number of aryl methyl sites for hydroxylation is 1. The van der Waals surface area contributed by atoms with Gasteiger partial charge in [0, 0.05) is 28.8 Å². The van der Waals surface area contributed by atoms with E-state index in [2.05, 4.69) is 4.98 Å². The third kappa shape index (κ3) is 3.60. The molecule has 0 unspecified atom stereocenters. The Hall–Kier alpha value is -3.93. The molecular weight excluding hydrogens is 366 g/mol. The van der Waals surface area contributed by atoms with Gasteiger partial charge in [-0.05, 0) is 24.6 Å². The molecule has 0 radical (unpaired) electrons. The third-order valence-electron chi connectivity index (χ3n) is 4.80. The molecule has 0 aliphatic rings. The van der Waals surface area contributed by atoms with Crippen LogP contribution in [-0.4, -0.2) is 22.0 Å². The van der Waals surface area contributed by atoms with Crippen LogP contribution in [0.1, 0.15) is 5.56 Å². The maximum atomic E-state index is 11.3. The lowest BCUT2D eigenvalue weighted by atomic mass is 10.0. The molecule has 0 saturated heterocycles. The van der Waals surface area contributed by atoms with Gasteiger partial charge >= 0.3 is 0 Å². The van der Waals surface area contributed by atoms with Crippen molar-refractivity contribution in [2.75, 3.05) is 7.11 Å². The van der Waals surface area contributed by atoms with Gasteiger partial charge in [-0.1, -0.05) is 48.5 Å². The summed E-state index contributed by atoms with van der Waals surface area (Å²) in [4.78, 5) is 19.1. The van der Waals surface area contributed by atoms with E-state index in [1.807, 2.05) is 61.5 Å². The molecule has 6 nitrogen and oxygen atoms in total. The van der Waals surface area contributed by atoms with Crippen LogP contribution in [0.2, 0.25) is 0 Å². The highest BCUT2D eigenvalue weighted by atomic mass is 16.6. The zero-order valence-corrected chi connectivity index (χ0v) is 16.0. The number of methoxy groups -OCH3 is 1. The van der Waals surface area contributed by atoms with Crippen molar-refractivity contribution in [3.63, 3.8) is 0 Å². The van der Waals surface area contributed by atoms with Crippen molar-refractivity contribution in [2.24, 2.45) is 0 Å². The first-order chi connectivity index (χ1) is 14.1. The molecule has 29 heavy (non-hydrogen) atoms. The third-order valence-corrected chi connectivity index (χ3v) is 4.80. The molecule has 1 N–H and O–H groups in total. The van der Waals surface area contributed by atoms with E-state index in [4.69, 9.17) is 9.72 Å². The highest BCUT2D eigenvalue weighted by Crippen LogP contribution is 2.36. The maximum Gasteiger partial charge on any atom is 0.270 e. The van der Waals surface area contributed by atoms with Crippen molar-refractivity contribution in [3.8, 4) is 39.7 Å². The van der Waals surface area contributed by atoms with E-state index in [0.29, 0.717) is 5.82 Å². The van der Waals surface area contributed by atoms with Crippen LogP contribution < -0.4 is 4.74 Å². The molecule has 144 valence electrons. The lowest BCUT2D eigenvalue weighted by Crippen LogP contribution is -1.92. The van der Waals surface area contributed by atoms with Crippen molar-refractivity contribution in [1.29, 1.82) is 0 Å². The van der Waals surface area contributed by atoms with Crippen molar-refractivity contribution in [2.45, 2.75) is 6.92 Å². The minimum absolute atomic E-state index is 0.0437. The first kappa shape index (κ1) is 18.4. The first-order valence-electron chi connectivity index (χ1n) is 9.12. The molecule has 0 fully saturated rings. The normalized spacial score (nSPS) is 10.7. The van der Waals surface area contributed by atoms with Crippen LogP contribution in [0, 0.1) is 17.0 Å². The molecule has 0 atom stereocenters. The second-order valence-electron chi connectivity index (χ2n) is 6.66. The van der Waals surface area contributed by atoms with Gasteiger partial charge in [0.2, 0.25) is 0 Å². The van der Waals surface area contributed by atoms with Crippen molar-refractivity contribution < 1.29 is 9.66 Å². The molecule has 0 saturated carbocycles. The second-order valence-corrected chi connectivity index (χ2v) is 6.66. The van der Waals surface area contributed by atoms with Gasteiger partial charge in [-0.2, -0.15) is 0 Å². The van der Waals surface area contributed by atoms with E-state index >= 15 is 0 Å². The SMILES string of the molecule is COc1cccc(-c2nc(-c3ccccc3)c(-c3cc([N+](=O)[O-])ccc3C)[nH]2)c1. The topological polar surface area (TPSA) is 81.1 Å². The van der Waals surface area contributed by atoms with E-state index in [1.165, 1.54) is 6.07 Å². The van der Waals surface area contributed by atoms with Gasteiger partial charge in [0.15, 0.2) is 0 Å². The van der Waals surface area contributed by atoms with Crippen LogP contribution in [0.25, 0.3) is 33.9 Å². The summed E-state index contributed by atoms with van der Waals surface area (Å²) in [5.74, 6) is 1.40. The fourth-order valence-electron chi connectivity index (χ4n) is 3.27. The van der Waals surface area contributed by atoms with E-state index in [1.54, 1.807) is 19.2 Å². The average molecular weight is 385 g/mol. The molecule has 1 aromatic heterocycles. The molecule has 1 heterocycles. The predicted octanol–water partition coefficient (Wildman–Crippen LogP) is 5.64. The van der Waals surface area contributed by atoms with Crippen molar-refractivity contribution >= 4 is 5.69 Å². The number of H-pyrrole nitrogens is 1. The van der Waals surface area contributed by atoms with E-state index in [0.717, 1.165) is 39.4 Å². The number of aromatic amines is 1. The number of hydrogen-bond donors (Lipinski definition) is 1. The quantitative estimate of drug-likeness (QED) is 0.356. The van der Waals surface area contributed by atoms with Crippen LogP contribution >= 0.6 is 0 Å². The fraction of sp³-hybridized carbons (Fsp3) is 0.0870. The van der Waals surface area contributed by atoms with Gasteiger partial charge in [-0.15, -0.1) is 0 Å². The number of nitrogens with zero attached hydrogens (tertiary/aromatic N) is 2. The Kier molecular flexibility index (Phi) is 4.83. The summed E-state index contributed by atoms with van der Waals surface area (Å²) in [6.45, 7) is 1.93. The predicted molar refractivity (Wildman–Crippen MR) is 113 cm³/mol. The van der Waals surface area contributed by atoms with E-state index < -0.39 is 0 Å². The van der Waals surface area contributed by atoms with Gasteiger partial charge in [-0.3, -0.25) is 10.1 Å². The maximum absolute atomic E-state index is 11.3. The largest absolute Gasteiger partial charge is 0.497 e. The minimum atomic E-state index is -0.384. The van der Waals surface area contributed by atoms with Crippen molar-refractivity contribution in [1.82, 2.24) is 9.97 Å². The Balaban J connectivity index is 1.94. The minimum Gasteiger partial charge on any atom is -0.497 e. The molecule has 3 aromatic carbocycles. The summed E-state index contributed by atoms with van der Waals surface area (Å²) in [5, 5.41) is 11.3.